The summed E-state index contributed by atoms with van der Waals surface area (Å²) in [5.74, 6) is 0. The molecule has 0 rings (SSSR count). The highest BCUT2D eigenvalue weighted by atomic mass is 19.1. The predicted octanol–water partition coefficient (Wildman–Crippen LogP) is 6.60. The zero-order chi connectivity index (χ0) is 13.0. The van der Waals surface area contributed by atoms with Gasteiger partial charge in [0.25, 0.3) is 0 Å². The number of alkyl halides is 1. The van der Waals surface area contributed by atoms with Crippen LogP contribution >= 0.6 is 0 Å². The minimum Gasteiger partial charge on any atom is -0.344 e. The van der Waals surface area contributed by atoms with Gasteiger partial charge in [0.15, 0.2) is 0 Å². The summed E-state index contributed by atoms with van der Waals surface area (Å²) in [5.41, 5.74) is -0.917. The SMILES string of the molecule is CCCCCCCCCCCCC(C)(F)CC.N. The first-order valence-corrected chi connectivity index (χ1v) is 7.81. The van der Waals surface area contributed by atoms with Crippen LogP contribution in [-0.4, -0.2) is 5.67 Å². The zero-order valence-electron chi connectivity index (χ0n) is 13.1. The van der Waals surface area contributed by atoms with E-state index in [1.807, 2.05) is 6.92 Å². The molecule has 0 aliphatic carbocycles. The van der Waals surface area contributed by atoms with Crippen molar-refractivity contribution in [1.29, 1.82) is 0 Å². The number of hydrogen-bond donors (Lipinski definition) is 1. The first-order chi connectivity index (χ1) is 8.12. The smallest absolute Gasteiger partial charge is 0.108 e. The van der Waals surface area contributed by atoms with Gasteiger partial charge in [-0.1, -0.05) is 78.1 Å². The number of halogens is 1. The second kappa shape index (κ2) is 13.3. The van der Waals surface area contributed by atoms with Crippen LogP contribution in [0.25, 0.3) is 0 Å². The van der Waals surface area contributed by atoms with E-state index in [9.17, 15) is 4.39 Å². The Labute approximate surface area is 115 Å². The molecule has 0 saturated carbocycles. The lowest BCUT2D eigenvalue weighted by Crippen LogP contribution is -2.15. The summed E-state index contributed by atoms with van der Waals surface area (Å²) in [6.45, 7) is 5.94. The van der Waals surface area contributed by atoms with Crippen molar-refractivity contribution in [2.24, 2.45) is 0 Å². The topological polar surface area (TPSA) is 35.0 Å². The summed E-state index contributed by atoms with van der Waals surface area (Å²) in [6, 6.07) is 0. The van der Waals surface area contributed by atoms with Crippen molar-refractivity contribution in [2.45, 2.75) is 103 Å². The normalized spacial score (nSPS) is 14.0. The number of rotatable bonds is 12. The van der Waals surface area contributed by atoms with E-state index in [-0.39, 0.29) is 6.15 Å². The van der Waals surface area contributed by atoms with Crippen molar-refractivity contribution < 1.29 is 4.39 Å². The molecule has 1 unspecified atom stereocenters. The fraction of sp³-hybridized carbons (Fsp3) is 1.00. The van der Waals surface area contributed by atoms with E-state index in [2.05, 4.69) is 6.92 Å². The van der Waals surface area contributed by atoms with E-state index >= 15 is 0 Å². The molecule has 18 heavy (non-hydrogen) atoms. The first kappa shape index (κ1) is 20.2. The van der Waals surface area contributed by atoms with Gasteiger partial charge < -0.3 is 6.15 Å². The van der Waals surface area contributed by atoms with E-state index in [0.29, 0.717) is 6.42 Å². The fourth-order valence-corrected chi connectivity index (χ4v) is 2.16. The summed E-state index contributed by atoms with van der Waals surface area (Å²) in [7, 11) is 0. The van der Waals surface area contributed by atoms with Gasteiger partial charge in [-0.15, -0.1) is 0 Å². The van der Waals surface area contributed by atoms with Crippen molar-refractivity contribution in [3.63, 3.8) is 0 Å². The molecule has 0 spiro atoms. The third-order valence-electron chi connectivity index (χ3n) is 3.79. The van der Waals surface area contributed by atoms with Crippen molar-refractivity contribution >= 4 is 0 Å². The van der Waals surface area contributed by atoms with E-state index < -0.39 is 5.67 Å². The molecule has 0 heterocycles. The third-order valence-corrected chi connectivity index (χ3v) is 3.79. The molecule has 0 fully saturated rings. The molecule has 112 valence electrons. The Bertz CT molecular complexity index is 157. The van der Waals surface area contributed by atoms with Crippen LogP contribution in [0, 0.1) is 0 Å². The Balaban J connectivity index is 0. The maximum atomic E-state index is 13.6. The largest absolute Gasteiger partial charge is 0.344 e. The van der Waals surface area contributed by atoms with Gasteiger partial charge in [0.1, 0.15) is 5.67 Å². The molecular formula is C16H36FN. The van der Waals surface area contributed by atoms with Crippen LogP contribution in [0.2, 0.25) is 0 Å². The van der Waals surface area contributed by atoms with Gasteiger partial charge in [-0.3, -0.25) is 0 Å². The van der Waals surface area contributed by atoms with Gasteiger partial charge in [-0.25, -0.2) is 4.39 Å². The molecule has 3 N–H and O–H groups in total. The monoisotopic (exact) mass is 261 g/mol. The average molecular weight is 261 g/mol. The van der Waals surface area contributed by atoms with Crippen molar-refractivity contribution in [3.8, 4) is 0 Å². The summed E-state index contributed by atoms with van der Waals surface area (Å²) in [5, 5.41) is 0. The molecule has 0 aromatic carbocycles. The minimum absolute atomic E-state index is 0. The Morgan fingerprint density at radius 1 is 0.722 bits per heavy atom. The lowest BCUT2D eigenvalue weighted by atomic mass is 9.97. The molecule has 0 aromatic rings. The summed E-state index contributed by atoms with van der Waals surface area (Å²) in [6.07, 6.45) is 14.7. The highest BCUT2D eigenvalue weighted by Crippen LogP contribution is 2.23. The number of unbranched alkanes of at least 4 members (excludes halogenated alkanes) is 9. The average Bonchev–Trinajstić information content (AvgIpc) is 2.31. The minimum atomic E-state index is -0.917. The maximum Gasteiger partial charge on any atom is 0.108 e. The second-order valence-electron chi connectivity index (χ2n) is 5.70. The summed E-state index contributed by atoms with van der Waals surface area (Å²) >= 11 is 0. The molecule has 0 bridgehead atoms. The molecule has 0 amide bonds. The van der Waals surface area contributed by atoms with Crippen molar-refractivity contribution in [2.75, 3.05) is 0 Å². The highest BCUT2D eigenvalue weighted by Gasteiger charge is 2.18. The quantitative estimate of drug-likeness (QED) is 0.395. The Morgan fingerprint density at radius 2 is 1.11 bits per heavy atom. The van der Waals surface area contributed by atoms with Crippen LogP contribution in [-0.2, 0) is 0 Å². The Hall–Kier alpha value is -0.110. The summed E-state index contributed by atoms with van der Waals surface area (Å²) in [4.78, 5) is 0. The highest BCUT2D eigenvalue weighted by molar-refractivity contribution is 4.70. The zero-order valence-corrected chi connectivity index (χ0v) is 13.1. The molecule has 0 aliphatic heterocycles. The van der Waals surface area contributed by atoms with Gasteiger partial charge in [-0.2, -0.15) is 0 Å². The van der Waals surface area contributed by atoms with E-state index in [4.69, 9.17) is 0 Å². The van der Waals surface area contributed by atoms with Gasteiger partial charge in [0, 0.05) is 0 Å². The first-order valence-electron chi connectivity index (χ1n) is 7.81. The lowest BCUT2D eigenvalue weighted by Gasteiger charge is -2.17. The van der Waals surface area contributed by atoms with Crippen molar-refractivity contribution in [1.82, 2.24) is 6.15 Å². The number of hydrogen-bond acceptors (Lipinski definition) is 1. The molecular weight excluding hydrogens is 225 g/mol. The van der Waals surface area contributed by atoms with Gasteiger partial charge in [0.05, 0.1) is 0 Å². The van der Waals surface area contributed by atoms with Gasteiger partial charge in [0.2, 0.25) is 0 Å². The van der Waals surface area contributed by atoms with Crippen LogP contribution in [0.5, 0.6) is 0 Å². The van der Waals surface area contributed by atoms with Gasteiger partial charge >= 0.3 is 0 Å². The fourth-order valence-electron chi connectivity index (χ4n) is 2.16. The summed E-state index contributed by atoms with van der Waals surface area (Å²) < 4.78 is 13.6. The molecule has 0 aliphatic rings. The molecule has 2 heteroatoms. The Kier molecular flexibility index (Phi) is 15.0. The lowest BCUT2D eigenvalue weighted by molar-refractivity contribution is 0.163. The van der Waals surface area contributed by atoms with Crippen LogP contribution in [0.15, 0.2) is 0 Å². The molecule has 0 saturated heterocycles. The maximum absolute atomic E-state index is 13.6. The molecule has 0 radical (unpaired) electrons. The Morgan fingerprint density at radius 3 is 1.50 bits per heavy atom. The van der Waals surface area contributed by atoms with E-state index in [1.165, 1.54) is 57.8 Å². The third kappa shape index (κ3) is 14.0. The molecule has 0 aromatic heterocycles. The van der Waals surface area contributed by atoms with E-state index in [0.717, 1.165) is 12.8 Å². The second-order valence-corrected chi connectivity index (χ2v) is 5.70. The van der Waals surface area contributed by atoms with Crippen molar-refractivity contribution in [3.05, 3.63) is 0 Å². The molecule has 1 nitrogen and oxygen atoms in total. The van der Waals surface area contributed by atoms with E-state index in [1.54, 1.807) is 6.92 Å². The predicted molar refractivity (Wildman–Crippen MR) is 81.3 cm³/mol. The van der Waals surface area contributed by atoms with Crippen LogP contribution in [0.4, 0.5) is 4.39 Å². The molecule has 1 atom stereocenters. The van der Waals surface area contributed by atoms with Crippen LogP contribution in [0.3, 0.4) is 0 Å². The van der Waals surface area contributed by atoms with Crippen LogP contribution in [0.1, 0.15) is 97.8 Å². The standard InChI is InChI=1S/C16H33F.H3N/c1-4-6-7-8-9-10-11-12-13-14-15-16(3,17)5-2;/h4-15H2,1-3H3;1H3. The van der Waals surface area contributed by atoms with Gasteiger partial charge in [-0.05, 0) is 19.8 Å². The van der Waals surface area contributed by atoms with Crippen LogP contribution < -0.4 is 6.15 Å².